The summed E-state index contributed by atoms with van der Waals surface area (Å²) in [5, 5.41) is 11.8. The zero-order chi connectivity index (χ0) is 9.42. The zero-order valence-electron chi connectivity index (χ0n) is 6.99. The average molecular weight is 195 g/mol. The molecule has 0 saturated heterocycles. The summed E-state index contributed by atoms with van der Waals surface area (Å²) in [5.74, 6) is 0. The van der Waals surface area contributed by atoms with Crippen LogP contribution in [0.2, 0.25) is 5.02 Å². The lowest BCUT2D eigenvalue weighted by molar-refractivity contribution is -0.577. The lowest BCUT2D eigenvalue weighted by Crippen LogP contribution is -2.26. The van der Waals surface area contributed by atoms with E-state index in [1.54, 1.807) is 18.2 Å². The summed E-state index contributed by atoms with van der Waals surface area (Å²) in [6, 6.07) is 5.05. The standard InChI is InChI=1S/C9H7ClN2O/c1-6-2-3-8-9(11-6)7(10)4-5-12(8)13/h2-5H,1H3. The molecule has 0 spiro atoms. The number of hydrogen-bond donors (Lipinski definition) is 0. The van der Waals surface area contributed by atoms with Crippen molar-refractivity contribution in [1.29, 1.82) is 0 Å². The fourth-order valence-electron chi connectivity index (χ4n) is 1.20. The number of aryl methyl sites for hydroxylation is 1. The van der Waals surface area contributed by atoms with Gasteiger partial charge in [0.15, 0.2) is 11.7 Å². The molecule has 2 heterocycles. The van der Waals surface area contributed by atoms with Gasteiger partial charge in [0.1, 0.15) is 0 Å². The second-order valence-corrected chi connectivity index (χ2v) is 3.22. The Morgan fingerprint density at radius 1 is 1.38 bits per heavy atom. The Bertz CT molecular complexity index is 470. The molecule has 2 rings (SSSR count). The third kappa shape index (κ3) is 1.31. The number of rotatable bonds is 0. The minimum absolute atomic E-state index is 0.498. The second kappa shape index (κ2) is 2.85. The van der Waals surface area contributed by atoms with Crippen molar-refractivity contribution in [1.82, 2.24) is 4.98 Å². The topological polar surface area (TPSA) is 39.8 Å². The van der Waals surface area contributed by atoms with Crippen molar-refractivity contribution in [2.24, 2.45) is 0 Å². The Balaban J connectivity index is 2.92. The normalized spacial score (nSPS) is 10.6. The monoisotopic (exact) mass is 194 g/mol. The fourth-order valence-corrected chi connectivity index (χ4v) is 1.39. The molecule has 0 unspecified atom stereocenters. The summed E-state index contributed by atoms with van der Waals surface area (Å²) in [5.41, 5.74) is 1.90. The highest BCUT2D eigenvalue weighted by atomic mass is 35.5. The van der Waals surface area contributed by atoms with Crippen molar-refractivity contribution >= 4 is 22.6 Å². The van der Waals surface area contributed by atoms with Crippen molar-refractivity contribution in [3.8, 4) is 0 Å². The zero-order valence-corrected chi connectivity index (χ0v) is 7.75. The number of nitrogens with zero attached hydrogens (tertiary/aromatic N) is 2. The summed E-state index contributed by atoms with van der Waals surface area (Å²) in [4.78, 5) is 4.18. The van der Waals surface area contributed by atoms with Crippen molar-refractivity contribution in [2.45, 2.75) is 6.92 Å². The summed E-state index contributed by atoms with van der Waals surface area (Å²) in [6.45, 7) is 1.86. The maximum atomic E-state index is 11.3. The van der Waals surface area contributed by atoms with E-state index in [9.17, 15) is 5.21 Å². The van der Waals surface area contributed by atoms with E-state index in [1.807, 2.05) is 6.92 Å². The van der Waals surface area contributed by atoms with Crippen LogP contribution in [-0.4, -0.2) is 4.98 Å². The third-order valence-corrected chi connectivity index (χ3v) is 2.14. The van der Waals surface area contributed by atoms with Crippen LogP contribution in [0.4, 0.5) is 0 Å². The van der Waals surface area contributed by atoms with Gasteiger partial charge in [0, 0.05) is 17.8 Å². The second-order valence-electron chi connectivity index (χ2n) is 2.81. The lowest BCUT2D eigenvalue weighted by atomic mass is 10.3. The van der Waals surface area contributed by atoms with Crippen molar-refractivity contribution < 1.29 is 4.73 Å². The largest absolute Gasteiger partial charge is 0.618 e. The molecular weight excluding hydrogens is 188 g/mol. The van der Waals surface area contributed by atoms with E-state index < -0.39 is 0 Å². The minimum atomic E-state index is 0.498. The van der Waals surface area contributed by atoms with Crippen LogP contribution in [-0.2, 0) is 0 Å². The van der Waals surface area contributed by atoms with E-state index in [4.69, 9.17) is 11.6 Å². The highest BCUT2D eigenvalue weighted by Crippen LogP contribution is 2.17. The van der Waals surface area contributed by atoms with Gasteiger partial charge in [0.25, 0.3) is 0 Å². The molecule has 3 nitrogen and oxygen atoms in total. The molecule has 0 fully saturated rings. The Hall–Kier alpha value is -1.35. The Morgan fingerprint density at radius 2 is 2.15 bits per heavy atom. The first kappa shape index (κ1) is 8.26. The van der Waals surface area contributed by atoms with E-state index in [0.717, 1.165) is 10.4 Å². The van der Waals surface area contributed by atoms with Crippen LogP contribution in [0.5, 0.6) is 0 Å². The minimum Gasteiger partial charge on any atom is -0.618 e. The van der Waals surface area contributed by atoms with Crippen molar-refractivity contribution in [2.75, 3.05) is 0 Å². The van der Waals surface area contributed by atoms with E-state index in [1.165, 1.54) is 6.20 Å². The van der Waals surface area contributed by atoms with Crippen LogP contribution < -0.4 is 4.73 Å². The number of halogens is 1. The molecule has 0 saturated carbocycles. The molecule has 0 amide bonds. The molecule has 0 N–H and O–H groups in total. The van der Waals surface area contributed by atoms with Crippen LogP contribution >= 0.6 is 11.6 Å². The van der Waals surface area contributed by atoms with E-state index in [0.29, 0.717) is 16.1 Å². The summed E-state index contributed by atoms with van der Waals surface area (Å²) in [6.07, 6.45) is 1.38. The molecule has 0 aromatic carbocycles. The van der Waals surface area contributed by atoms with Gasteiger partial charge >= 0.3 is 0 Å². The van der Waals surface area contributed by atoms with Gasteiger partial charge in [-0.05, 0) is 13.0 Å². The molecule has 2 aromatic heterocycles. The molecule has 0 aliphatic heterocycles. The quantitative estimate of drug-likeness (QED) is 0.474. The maximum absolute atomic E-state index is 11.3. The molecule has 66 valence electrons. The van der Waals surface area contributed by atoms with E-state index in [2.05, 4.69) is 4.98 Å². The van der Waals surface area contributed by atoms with Gasteiger partial charge in [-0.25, -0.2) is 4.98 Å². The molecule has 0 bridgehead atoms. The molecule has 0 aliphatic carbocycles. The average Bonchev–Trinajstić information content (AvgIpc) is 2.12. The first-order valence-corrected chi connectivity index (χ1v) is 4.21. The Morgan fingerprint density at radius 3 is 2.92 bits per heavy atom. The van der Waals surface area contributed by atoms with Gasteiger partial charge in [0.05, 0.1) is 5.02 Å². The van der Waals surface area contributed by atoms with Crippen LogP contribution in [0, 0.1) is 12.1 Å². The molecule has 0 aliphatic rings. The van der Waals surface area contributed by atoms with Crippen LogP contribution in [0.15, 0.2) is 24.4 Å². The van der Waals surface area contributed by atoms with Gasteiger partial charge in [-0.1, -0.05) is 11.6 Å². The van der Waals surface area contributed by atoms with Gasteiger partial charge in [-0.15, -0.1) is 0 Å². The summed E-state index contributed by atoms with van der Waals surface area (Å²) < 4.78 is 0.758. The van der Waals surface area contributed by atoms with Gasteiger partial charge in [-0.3, -0.25) is 0 Å². The highest BCUT2D eigenvalue weighted by Gasteiger charge is 2.08. The molecule has 0 atom stereocenters. The first-order valence-electron chi connectivity index (χ1n) is 3.83. The first-order chi connectivity index (χ1) is 6.18. The van der Waals surface area contributed by atoms with Crippen LogP contribution in [0.25, 0.3) is 11.0 Å². The Kier molecular flexibility index (Phi) is 1.81. The van der Waals surface area contributed by atoms with Gasteiger partial charge in [0.2, 0.25) is 5.52 Å². The van der Waals surface area contributed by atoms with E-state index in [-0.39, 0.29) is 0 Å². The Labute approximate surface area is 80.2 Å². The smallest absolute Gasteiger partial charge is 0.243 e. The highest BCUT2D eigenvalue weighted by molar-refractivity contribution is 6.34. The van der Waals surface area contributed by atoms with Crippen LogP contribution in [0.3, 0.4) is 0 Å². The maximum Gasteiger partial charge on any atom is 0.243 e. The van der Waals surface area contributed by atoms with Crippen molar-refractivity contribution in [3.63, 3.8) is 0 Å². The summed E-state index contributed by atoms with van der Waals surface area (Å²) in [7, 11) is 0. The number of pyridine rings is 2. The SMILES string of the molecule is Cc1ccc2c(n1)c(Cl)cc[n+]2[O-]. The predicted octanol–water partition coefficient (Wildman–Crippen LogP) is 1.83. The lowest BCUT2D eigenvalue weighted by Gasteiger charge is -2.02. The fraction of sp³-hybridized carbons (Fsp3) is 0.111. The molecule has 2 aromatic rings. The van der Waals surface area contributed by atoms with Crippen molar-refractivity contribution in [3.05, 3.63) is 40.3 Å². The van der Waals surface area contributed by atoms with Gasteiger partial charge < -0.3 is 5.21 Å². The van der Waals surface area contributed by atoms with Crippen LogP contribution in [0.1, 0.15) is 5.69 Å². The predicted molar refractivity (Wildman–Crippen MR) is 50.5 cm³/mol. The molecule has 0 radical (unpaired) electrons. The number of aromatic nitrogens is 2. The summed E-state index contributed by atoms with van der Waals surface area (Å²) >= 11 is 5.89. The number of fused-ring (bicyclic) bond motifs is 1. The number of hydrogen-bond acceptors (Lipinski definition) is 2. The molecular formula is C9H7ClN2O. The molecule has 4 heteroatoms. The van der Waals surface area contributed by atoms with Gasteiger partial charge in [-0.2, -0.15) is 4.73 Å². The van der Waals surface area contributed by atoms with E-state index >= 15 is 0 Å². The molecule has 13 heavy (non-hydrogen) atoms. The third-order valence-electron chi connectivity index (χ3n) is 1.83.